The van der Waals surface area contributed by atoms with E-state index in [1.165, 1.54) is 25.3 Å². The van der Waals surface area contributed by atoms with Crippen molar-refractivity contribution in [3.05, 3.63) is 33.9 Å². The van der Waals surface area contributed by atoms with Gasteiger partial charge in [-0.2, -0.15) is 0 Å². The highest BCUT2D eigenvalue weighted by Crippen LogP contribution is 2.27. The number of hydrogen-bond donors (Lipinski definition) is 2. The van der Waals surface area contributed by atoms with E-state index in [2.05, 4.69) is 17.6 Å². The molecule has 0 aromatic heterocycles. The molecule has 0 saturated carbocycles. The molecule has 7 heteroatoms. The molecule has 1 aromatic rings. The third kappa shape index (κ3) is 3.36. The predicted octanol–water partition coefficient (Wildman–Crippen LogP) is 1.72. The minimum Gasteiger partial charge on any atom is -0.490 e. The van der Waals surface area contributed by atoms with Crippen molar-refractivity contribution in [1.82, 2.24) is 10.6 Å². The summed E-state index contributed by atoms with van der Waals surface area (Å²) in [5.41, 5.74) is 0.201. The van der Waals surface area contributed by atoms with Crippen LogP contribution in [-0.4, -0.2) is 36.6 Å². The van der Waals surface area contributed by atoms with Gasteiger partial charge in [-0.15, -0.1) is 0 Å². The minimum atomic E-state index is -0.532. The number of methoxy groups -OCH3 is 1. The first-order chi connectivity index (χ1) is 10.4. The summed E-state index contributed by atoms with van der Waals surface area (Å²) in [5.74, 6) is 0.209. The zero-order valence-corrected chi connectivity index (χ0v) is 13.0. The molecule has 0 bridgehead atoms. The Morgan fingerprint density at radius 2 is 2.18 bits per heavy atom. The molecule has 0 radical (unpaired) electrons. The molecule has 0 aliphatic carbocycles. The molecule has 1 aromatic carbocycles. The van der Waals surface area contributed by atoms with Crippen LogP contribution in [0.15, 0.2) is 18.2 Å². The smallest absolute Gasteiger partial charge is 0.310 e. The number of nitrogens with zero attached hydrogens (tertiary/aromatic N) is 1. The Morgan fingerprint density at radius 1 is 1.45 bits per heavy atom. The van der Waals surface area contributed by atoms with Crippen molar-refractivity contribution in [3.63, 3.8) is 0 Å². The van der Waals surface area contributed by atoms with Crippen LogP contribution in [0.1, 0.15) is 30.6 Å². The molecule has 1 amide bonds. The Bertz CT molecular complexity index is 566. The van der Waals surface area contributed by atoms with Gasteiger partial charge >= 0.3 is 5.69 Å². The second kappa shape index (κ2) is 6.74. The van der Waals surface area contributed by atoms with Gasteiger partial charge in [-0.05, 0) is 31.9 Å². The number of carbonyl (C=O) groups is 1. The molecule has 2 N–H and O–H groups in total. The first-order valence-corrected chi connectivity index (χ1v) is 7.30. The molecule has 1 fully saturated rings. The summed E-state index contributed by atoms with van der Waals surface area (Å²) < 4.78 is 5.00. The first kappa shape index (κ1) is 16.2. The fraction of sp³-hybridized carbons (Fsp3) is 0.533. The number of amides is 1. The van der Waals surface area contributed by atoms with Crippen LogP contribution in [0.25, 0.3) is 0 Å². The van der Waals surface area contributed by atoms with Gasteiger partial charge in [-0.1, -0.05) is 6.92 Å². The number of piperidine rings is 1. The van der Waals surface area contributed by atoms with Crippen LogP contribution >= 0.6 is 0 Å². The van der Waals surface area contributed by atoms with Crippen molar-refractivity contribution in [3.8, 4) is 5.75 Å². The van der Waals surface area contributed by atoms with Gasteiger partial charge in [-0.3, -0.25) is 14.9 Å². The largest absolute Gasteiger partial charge is 0.490 e. The zero-order valence-electron chi connectivity index (χ0n) is 13.0. The summed E-state index contributed by atoms with van der Waals surface area (Å²) in [5, 5.41) is 17.2. The summed E-state index contributed by atoms with van der Waals surface area (Å²) in [6.45, 7) is 5.09. The highest BCUT2D eigenvalue weighted by Gasteiger charge is 2.29. The van der Waals surface area contributed by atoms with E-state index in [4.69, 9.17) is 4.74 Å². The average Bonchev–Trinajstić information content (AvgIpc) is 2.50. The Morgan fingerprint density at radius 3 is 2.77 bits per heavy atom. The number of hydrogen-bond acceptors (Lipinski definition) is 5. The van der Waals surface area contributed by atoms with Crippen LogP contribution in [0.3, 0.4) is 0 Å². The lowest BCUT2D eigenvalue weighted by atomic mass is 9.89. The standard InChI is InChI=1S/C15H21N3O4/c1-9-6-7-16-10(2)14(9)17-15(19)11-4-5-12(18(20)21)13(8-11)22-3/h4-5,8-10,14,16H,6-7H2,1-3H3,(H,17,19). The molecule has 7 nitrogen and oxygen atoms in total. The zero-order chi connectivity index (χ0) is 16.3. The van der Waals surface area contributed by atoms with Gasteiger partial charge in [0.1, 0.15) is 0 Å². The van der Waals surface area contributed by atoms with Crippen molar-refractivity contribution >= 4 is 11.6 Å². The summed E-state index contributed by atoms with van der Waals surface area (Å²) in [7, 11) is 1.35. The Balaban J connectivity index is 2.17. The van der Waals surface area contributed by atoms with Crippen LogP contribution in [0.2, 0.25) is 0 Å². The molecule has 1 heterocycles. The third-order valence-corrected chi connectivity index (χ3v) is 4.15. The van der Waals surface area contributed by atoms with E-state index in [0.717, 1.165) is 13.0 Å². The molecule has 1 aliphatic rings. The minimum absolute atomic E-state index is 0.0300. The summed E-state index contributed by atoms with van der Waals surface area (Å²) >= 11 is 0. The normalized spacial score (nSPS) is 24.6. The van der Waals surface area contributed by atoms with E-state index in [0.29, 0.717) is 11.5 Å². The molecule has 22 heavy (non-hydrogen) atoms. The van der Waals surface area contributed by atoms with Crippen molar-refractivity contribution in [2.45, 2.75) is 32.4 Å². The van der Waals surface area contributed by atoms with Gasteiger partial charge < -0.3 is 15.4 Å². The number of ether oxygens (including phenoxy) is 1. The van der Waals surface area contributed by atoms with Crippen molar-refractivity contribution in [2.24, 2.45) is 5.92 Å². The molecule has 0 spiro atoms. The molecular formula is C15H21N3O4. The quantitative estimate of drug-likeness (QED) is 0.652. The summed E-state index contributed by atoms with van der Waals surface area (Å²) in [6.07, 6.45) is 0.999. The Labute approximate surface area is 129 Å². The average molecular weight is 307 g/mol. The molecule has 2 rings (SSSR count). The molecular weight excluding hydrogens is 286 g/mol. The fourth-order valence-electron chi connectivity index (χ4n) is 2.81. The molecule has 120 valence electrons. The summed E-state index contributed by atoms with van der Waals surface area (Å²) in [4.78, 5) is 22.7. The molecule has 3 atom stereocenters. The van der Waals surface area contributed by atoms with Crippen molar-refractivity contribution in [2.75, 3.05) is 13.7 Å². The van der Waals surface area contributed by atoms with Crippen LogP contribution in [0.4, 0.5) is 5.69 Å². The van der Waals surface area contributed by atoms with E-state index >= 15 is 0 Å². The van der Waals surface area contributed by atoms with Gasteiger partial charge in [0.15, 0.2) is 5.75 Å². The molecule has 1 saturated heterocycles. The van der Waals surface area contributed by atoms with Crippen LogP contribution < -0.4 is 15.4 Å². The lowest BCUT2D eigenvalue weighted by Crippen LogP contribution is -2.55. The van der Waals surface area contributed by atoms with Gasteiger partial charge in [0.05, 0.1) is 12.0 Å². The van der Waals surface area contributed by atoms with E-state index in [-0.39, 0.29) is 29.4 Å². The fourth-order valence-corrected chi connectivity index (χ4v) is 2.81. The second-order valence-corrected chi connectivity index (χ2v) is 5.65. The lowest BCUT2D eigenvalue weighted by molar-refractivity contribution is -0.385. The van der Waals surface area contributed by atoms with Crippen LogP contribution in [-0.2, 0) is 0 Å². The SMILES string of the molecule is COc1cc(C(=O)NC2C(C)CCNC2C)ccc1[N+](=O)[O-]. The number of nitro groups is 1. The Hall–Kier alpha value is -2.15. The third-order valence-electron chi connectivity index (χ3n) is 4.15. The maximum atomic E-state index is 12.4. The van der Waals surface area contributed by atoms with Crippen LogP contribution in [0.5, 0.6) is 5.75 Å². The highest BCUT2D eigenvalue weighted by molar-refractivity contribution is 5.95. The van der Waals surface area contributed by atoms with Gasteiger partial charge in [0.2, 0.25) is 0 Å². The van der Waals surface area contributed by atoms with E-state index in [1.807, 2.05) is 6.92 Å². The van der Waals surface area contributed by atoms with Gasteiger partial charge in [-0.25, -0.2) is 0 Å². The monoisotopic (exact) mass is 307 g/mol. The number of rotatable bonds is 4. The van der Waals surface area contributed by atoms with Gasteiger partial charge in [0, 0.05) is 29.8 Å². The number of nitro benzene ring substituents is 1. The lowest BCUT2D eigenvalue weighted by Gasteiger charge is -2.36. The van der Waals surface area contributed by atoms with Crippen molar-refractivity contribution in [1.29, 1.82) is 0 Å². The Kier molecular flexibility index (Phi) is 4.97. The van der Waals surface area contributed by atoms with E-state index in [1.54, 1.807) is 0 Å². The van der Waals surface area contributed by atoms with Crippen molar-refractivity contribution < 1.29 is 14.5 Å². The highest BCUT2D eigenvalue weighted by atomic mass is 16.6. The number of carbonyl (C=O) groups excluding carboxylic acids is 1. The number of benzene rings is 1. The van der Waals surface area contributed by atoms with E-state index in [9.17, 15) is 14.9 Å². The maximum absolute atomic E-state index is 12.4. The summed E-state index contributed by atoms with van der Waals surface area (Å²) in [6, 6.07) is 4.36. The molecule has 1 aliphatic heterocycles. The predicted molar refractivity (Wildman–Crippen MR) is 82.1 cm³/mol. The van der Waals surface area contributed by atoms with Gasteiger partial charge in [0.25, 0.3) is 5.91 Å². The topological polar surface area (TPSA) is 93.5 Å². The first-order valence-electron chi connectivity index (χ1n) is 7.30. The number of nitrogens with one attached hydrogen (secondary N) is 2. The van der Waals surface area contributed by atoms with E-state index < -0.39 is 4.92 Å². The molecule has 3 unspecified atom stereocenters. The maximum Gasteiger partial charge on any atom is 0.310 e. The van der Waals surface area contributed by atoms with Crippen LogP contribution in [0, 0.1) is 16.0 Å². The second-order valence-electron chi connectivity index (χ2n) is 5.65.